The molecule has 0 aliphatic rings. The summed E-state index contributed by atoms with van der Waals surface area (Å²) in [4.78, 5) is 0. The van der Waals surface area contributed by atoms with E-state index in [1.165, 1.54) is 28.8 Å². The number of benzene rings is 2. The van der Waals surface area contributed by atoms with E-state index in [9.17, 15) is 4.39 Å². The summed E-state index contributed by atoms with van der Waals surface area (Å²) < 4.78 is 14.0. The molecule has 1 N–H and O–H groups in total. The highest BCUT2D eigenvalue weighted by Gasteiger charge is 2.03. The summed E-state index contributed by atoms with van der Waals surface area (Å²) >= 11 is 3.41. The molecular formula is C15H15BrFN. The second kappa shape index (κ2) is 5.53. The van der Waals surface area contributed by atoms with E-state index in [1.807, 2.05) is 0 Å². The van der Waals surface area contributed by atoms with E-state index >= 15 is 0 Å². The molecule has 3 heteroatoms. The van der Waals surface area contributed by atoms with Crippen LogP contribution in [0.15, 0.2) is 40.9 Å². The maximum atomic E-state index is 13.2. The number of halogens is 2. The Balaban J connectivity index is 2.16. The van der Waals surface area contributed by atoms with Gasteiger partial charge in [-0.2, -0.15) is 0 Å². The Bertz CT molecular complexity index is 515. The van der Waals surface area contributed by atoms with Crippen molar-refractivity contribution in [2.75, 3.05) is 5.32 Å². The quantitative estimate of drug-likeness (QED) is 0.857. The first kappa shape index (κ1) is 13.1. The Morgan fingerprint density at radius 2 is 1.89 bits per heavy atom. The molecule has 0 amide bonds. The van der Waals surface area contributed by atoms with Gasteiger partial charge in [-0.3, -0.25) is 0 Å². The van der Waals surface area contributed by atoms with Gasteiger partial charge in [-0.25, -0.2) is 4.39 Å². The highest BCUT2D eigenvalue weighted by Crippen LogP contribution is 2.24. The molecule has 0 radical (unpaired) electrons. The van der Waals surface area contributed by atoms with E-state index < -0.39 is 0 Å². The largest absolute Gasteiger partial charge is 0.380 e. The lowest BCUT2D eigenvalue weighted by Gasteiger charge is -2.11. The summed E-state index contributed by atoms with van der Waals surface area (Å²) in [6.45, 7) is 4.84. The lowest BCUT2D eigenvalue weighted by molar-refractivity contribution is 0.628. The number of anilines is 1. The smallest absolute Gasteiger partial charge is 0.125 e. The first-order chi connectivity index (χ1) is 8.56. The molecule has 0 atom stereocenters. The Morgan fingerprint density at radius 1 is 1.11 bits per heavy atom. The van der Waals surface area contributed by atoms with Crippen molar-refractivity contribution < 1.29 is 4.39 Å². The average Bonchev–Trinajstić information content (AvgIpc) is 2.34. The van der Waals surface area contributed by atoms with Gasteiger partial charge in [-0.05, 0) is 59.1 Å². The zero-order chi connectivity index (χ0) is 13.1. The molecule has 0 unspecified atom stereocenters. The zero-order valence-electron chi connectivity index (χ0n) is 10.4. The second-order valence-corrected chi connectivity index (χ2v) is 5.26. The molecule has 0 aliphatic heterocycles. The van der Waals surface area contributed by atoms with Gasteiger partial charge in [0.15, 0.2) is 0 Å². The van der Waals surface area contributed by atoms with Crippen molar-refractivity contribution in [3.8, 4) is 0 Å². The molecule has 2 rings (SSSR count). The first-order valence-electron chi connectivity index (χ1n) is 5.81. The van der Waals surface area contributed by atoms with Crippen LogP contribution in [-0.4, -0.2) is 0 Å². The van der Waals surface area contributed by atoms with Crippen LogP contribution in [0.5, 0.6) is 0 Å². The predicted octanol–water partition coefficient (Wildman–Crippen LogP) is 4.82. The molecule has 0 aliphatic carbocycles. The molecule has 0 heterocycles. The second-order valence-electron chi connectivity index (χ2n) is 4.41. The molecule has 2 aromatic carbocycles. The van der Waals surface area contributed by atoms with Crippen LogP contribution in [0.2, 0.25) is 0 Å². The molecule has 0 bridgehead atoms. The van der Waals surface area contributed by atoms with Crippen LogP contribution in [0.1, 0.15) is 16.7 Å². The fourth-order valence-corrected chi connectivity index (χ4v) is 2.20. The monoisotopic (exact) mass is 307 g/mol. The molecule has 0 fully saturated rings. The van der Waals surface area contributed by atoms with Crippen molar-refractivity contribution >= 4 is 21.6 Å². The molecule has 2 aromatic rings. The molecule has 18 heavy (non-hydrogen) atoms. The van der Waals surface area contributed by atoms with Crippen molar-refractivity contribution in [2.24, 2.45) is 0 Å². The summed E-state index contributed by atoms with van der Waals surface area (Å²) in [6, 6.07) is 11.0. The van der Waals surface area contributed by atoms with Crippen molar-refractivity contribution in [1.29, 1.82) is 0 Å². The van der Waals surface area contributed by atoms with E-state index in [0.717, 1.165) is 10.2 Å². The summed E-state index contributed by atoms with van der Waals surface area (Å²) in [7, 11) is 0. The van der Waals surface area contributed by atoms with Gasteiger partial charge >= 0.3 is 0 Å². The topological polar surface area (TPSA) is 12.0 Å². The van der Waals surface area contributed by atoms with Crippen molar-refractivity contribution in [3.05, 3.63) is 63.4 Å². The number of nitrogens with one attached hydrogen (secondary N) is 1. The minimum atomic E-state index is -0.235. The highest BCUT2D eigenvalue weighted by molar-refractivity contribution is 9.10. The third-order valence-corrected chi connectivity index (χ3v) is 3.59. The van der Waals surface area contributed by atoms with Gasteiger partial charge < -0.3 is 5.32 Å². The van der Waals surface area contributed by atoms with Gasteiger partial charge in [-0.1, -0.05) is 23.8 Å². The van der Waals surface area contributed by atoms with Crippen LogP contribution in [-0.2, 0) is 6.54 Å². The van der Waals surface area contributed by atoms with Gasteiger partial charge in [0, 0.05) is 11.0 Å². The fraction of sp³-hybridized carbons (Fsp3) is 0.200. The predicted molar refractivity (Wildman–Crippen MR) is 77.3 cm³/mol. The average molecular weight is 308 g/mol. The van der Waals surface area contributed by atoms with E-state index in [1.54, 1.807) is 6.07 Å². The Labute approximate surface area is 115 Å². The van der Waals surface area contributed by atoms with Gasteiger partial charge in [0.25, 0.3) is 0 Å². The first-order valence-corrected chi connectivity index (χ1v) is 6.60. The van der Waals surface area contributed by atoms with E-state index in [0.29, 0.717) is 6.54 Å². The van der Waals surface area contributed by atoms with Crippen LogP contribution in [0.4, 0.5) is 10.1 Å². The van der Waals surface area contributed by atoms with Crippen LogP contribution < -0.4 is 5.32 Å². The number of hydrogen-bond acceptors (Lipinski definition) is 1. The third-order valence-electron chi connectivity index (χ3n) is 2.90. The molecule has 0 aromatic heterocycles. The Morgan fingerprint density at radius 3 is 2.67 bits per heavy atom. The normalized spacial score (nSPS) is 10.4. The molecule has 0 spiro atoms. The maximum Gasteiger partial charge on any atom is 0.125 e. The third kappa shape index (κ3) is 3.10. The minimum Gasteiger partial charge on any atom is -0.380 e. The van der Waals surface area contributed by atoms with Gasteiger partial charge in [0.2, 0.25) is 0 Å². The van der Waals surface area contributed by atoms with Gasteiger partial charge in [-0.15, -0.1) is 0 Å². The van der Waals surface area contributed by atoms with E-state index in [-0.39, 0.29) is 5.82 Å². The van der Waals surface area contributed by atoms with Crippen LogP contribution in [0, 0.1) is 19.7 Å². The highest BCUT2D eigenvalue weighted by atomic mass is 79.9. The number of rotatable bonds is 3. The minimum absolute atomic E-state index is 0.235. The molecule has 1 nitrogen and oxygen atoms in total. The van der Waals surface area contributed by atoms with Crippen LogP contribution in [0.25, 0.3) is 0 Å². The van der Waals surface area contributed by atoms with Crippen molar-refractivity contribution in [1.82, 2.24) is 0 Å². The van der Waals surface area contributed by atoms with Crippen LogP contribution in [0.3, 0.4) is 0 Å². The lowest BCUT2D eigenvalue weighted by atomic mass is 10.1. The Hall–Kier alpha value is -1.35. The van der Waals surface area contributed by atoms with E-state index in [2.05, 4.69) is 53.3 Å². The zero-order valence-corrected chi connectivity index (χ0v) is 12.0. The van der Waals surface area contributed by atoms with Crippen molar-refractivity contribution in [3.63, 3.8) is 0 Å². The lowest BCUT2D eigenvalue weighted by Crippen LogP contribution is -2.02. The van der Waals surface area contributed by atoms with Gasteiger partial charge in [0.1, 0.15) is 5.82 Å². The fourth-order valence-electron chi connectivity index (χ4n) is 1.81. The Kier molecular flexibility index (Phi) is 4.02. The summed E-state index contributed by atoms with van der Waals surface area (Å²) in [6.07, 6.45) is 0. The maximum absolute atomic E-state index is 13.2. The van der Waals surface area contributed by atoms with Crippen LogP contribution >= 0.6 is 15.9 Å². The standard InChI is InChI=1S/C15H15BrFN/c1-10-3-4-11(2)12(7-10)9-18-15-8-13(17)5-6-14(15)16/h3-8,18H,9H2,1-2H3. The van der Waals surface area contributed by atoms with Gasteiger partial charge in [0.05, 0.1) is 5.69 Å². The molecule has 0 saturated heterocycles. The molecular weight excluding hydrogens is 293 g/mol. The summed E-state index contributed by atoms with van der Waals surface area (Å²) in [5, 5.41) is 3.25. The molecule has 94 valence electrons. The van der Waals surface area contributed by atoms with E-state index in [4.69, 9.17) is 0 Å². The number of hydrogen-bond donors (Lipinski definition) is 1. The number of aryl methyl sites for hydroxylation is 2. The summed E-state index contributed by atoms with van der Waals surface area (Å²) in [5.41, 5.74) is 4.47. The molecule has 0 saturated carbocycles. The summed E-state index contributed by atoms with van der Waals surface area (Å²) in [5.74, 6) is -0.235. The SMILES string of the molecule is Cc1ccc(C)c(CNc2cc(F)ccc2Br)c1. The van der Waals surface area contributed by atoms with Crippen molar-refractivity contribution in [2.45, 2.75) is 20.4 Å².